The lowest BCUT2D eigenvalue weighted by Gasteiger charge is -2.42. The van der Waals surface area contributed by atoms with Crippen LogP contribution in [-0.2, 0) is 11.2 Å². The molecule has 5 heteroatoms. The van der Waals surface area contributed by atoms with Gasteiger partial charge >= 0.3 is 0 Å². The lowest BCUT2D eigenvalue weighted by molar-refractivity contribution is -0.142. The number of piperidine rings is 1. The minimum Gasteiger partial charge on any atom is -0.348 e. The van der Waals surface area contributed by atoms with Crippen LogP contribution in [0, 0.1) is 12.3 Å². The molecule has 0 spiro atoms. The summed E-state index contributed by atoms with van der Waals surface area (Å²) in [5, 5.41) is 0. The zero-order valence-corrected chi connectivity index (χ0v) is 19.6. The monoisotopic (exact) mass is 441 g/mol. The van der Waals surface area contributed by atoms with Gasteiger partial charge in [-0.1, -0.05) is 60.2 Å². The summed E-state index contributed by atoms with van der Waals surface area (Å²) in [6, 6.07) is 22.4. The maximum Gasteiger partial charge on any atom is 0.272 e. The minimum atomic E-state index is -0.505. The van der Waals surface area contributed by atoms with Gasteiger partial charge in [0.2, 0.25) is 5.91 Å². The first-order chi connectivity index (χ1) is 15.9. The van der Waals surface area contributed by atoms with Crippen LogP contribution in [0.1, 0.15) is 34.5 Å². The molecule has 0 saturated carbocycles. The molecule has 0 aliphatic carbocycles. The second-order valence-corrected chi connectivity index (χ2v) is 9.23. The van der Waals surface area contributed by atoms with Gasteiger partial charge in [-0.05, 0) is 55.0 Å². The van der Waals surface area contributed by atoms with Crippen LogP contribution in [0.4, 0.5) is 0 Å². The van der Waals surface area contributed by atoms with E-state index in [1.807, 2.05) is 25.1 Å². The largest absolute Gasteiger partial charge is 0.348 e. The van der Waals surface area contributed by atoms with Gasteiger partial charge < -0.3 is 9.80 Å². The van der Waals surface area contributed by atoms with Crippen molar-refractivity contribution in [3.8, 4) is 11.1 Å². The van der Waals surface area contributed by atoms with E-state index in [0.717, 1.165) is 5.56 Å². The number of aryl methyl sites for hydroxylation is 1. The second kappa shape index (κ2) is 9.57. The second-order valence-electron chi connectivity index (χ2n) is 9.23. The van der Waals surface area contributed by atoms with Crippen LogP contribution in [0.25, 0.3) is 11.1 Å². The number of benzene rings is 2. The average Bonchev–Trinajstić information content (AvgIpc) is 2.84. The highest BCUT2D eigenvalue weighted by molar-refractivity contribution is 5.92. The zero-order valence-electron chi connectivity index (χ0n) is 19.6. The van der Waals surface area contributed by atoms with E-state index in [-0.39, 0.29) is 11.8 Å². The lowest BCUT2D eigenvalue weighted by Crippen LogP contribution is -2.51. The van der Waals surface area contributed by atoms with Gasteiger partial charge in [0.25, 0.3) is 5.91 Å². The van der Waals surface area contributed by atoms with Crippen LogP contribution in [0.15, 0.2) is 72.9 Å². The number of aromatic nitrogens is 1. The van der Waals surface area contributed by atoms with E-state index in [0.29, 0.717) is 38.0 Å². The average molecular weight is 442 g/mol. The van der Waals surface area contributed by atoms with E-state index >= 15 is 0 Å². The fraction of sp³-hybridized carbons (Fsp3) is 0.321. The Hall–Kier alpha value is -3.47. The summed E-state index contributed by atoms with van der Waals surface area (Å²) in [5.74, 6) is 0.0687. The Bertz CT molecular complexity index is 1120. The Morgan fingerprint density at radius 3 is 2.27 bits per heavy atom. The molecule has 4 rings (SSSR count). The predicted octanol–water partition coefficient (Wildman–Crippen LogP) is 4.61. The Kier molecular flexibility index (Phi) is 6.59. The third-order valence-corrected chi connectivity index (χ3v) is 6.60. The summed E-state index contributed by atoms with van der Waals surface area (Å²) in [4.78, 5) is 33.9. The summed E-state index contributed by atoms with van der Waals surface area (Å²) < 4.78 is 0. The third-order valence-electron chi connectivity index (χ3n) is 6.60. The topological polar surface area (TPSA) is 53.5 Å². The van der Waals surface area contributed by atoms with Crippen LogP contribution in [0.3, 0.4) is 0 Å². The van der Waals surface area contributed by atoms with Crippen LogP contribution in [0.2, 0.25) is 0 Å². The highest BCUT2D eigenvalue weighted by atomic mass is 16.2. The van der Waals surface area contributed by atoms with Gasteiger partial charge in [0.1, 0.15) is 5.69 Å². The maximum absolute atomic E-state index is 13.3. The molecule has 3 aromatic rings. The molecule has 2 amide bonds. The van der Waals surface area contributed by atoms with Crippen molar-refractivity contribution in [3.63, 3.8) is 0 Å². The summed E-state index contributed by atoms with van der Waals surface area (Å²) in [7, 11) is 3.63. The highest BCUT2D eigenvalue weighted by Crippen LogP contribution is 2.37. The quantitative estimate of drug-likeness (QED) is 0.581. The van der Waals surface area contributed by atoms with E-state index in [1.54, 1.807) is 23.2 Å². The van der Waals surface area contributed by atoms with E-state index in [2.05, 4.69) is 60.4 Å². The first-order valence-corrected chi connectivity index (χ1v) is 11.5. The molecule has 2 heterocycles. The van der Waals surface area contributed by atoms with Crippen LogP contribution >= 0.6 is 0 Å². The SMILES string of the molecule is Cc1cccc(-c2ccc(CC3(C(=O)N(C)C)CCN(C(=O)c4ccccn4)CC3)cc2)c1. The normalized spacial score (nSPS) is 15.2. The van der Waals surface area contributed by atoms with Gasteiger partial charge in [-0.25, -0.2) is 0 Å². The molecule has 2 aromatic carbocycles. The maximum atomic E-state index is 13.3. The smallest absolute Gasteiger partial charge is 0.272 e. The van der Waals surface area contributed by atoms with Crippen LogP contribution in [-0.4, -0.2) is 53.8 Å². The summed E-state index contributed by atoms with van der Waals surface area (Å²) in [5.41, 5.74) is 4.70. The standard InChI is InChI=1S/C28H31N3O2/c1-21-7-6-8-24(19-21)23-12-10-22(11-13-23)20-28(27(33)30(2)3)14-17-31(18-15-28)26(32)25-9-4-5-16-29-25/h4-13,16,19H,14-15,17-18,20H2,1-3H3. The molecule has 0 atom stereocenters. The minimum absolute atomic E-state index is 0.0657. The summed E-state index contributed by atoms with van der Waals surface area (Å²) in [6.07, 6.45) is 3.59. The van der Waals surface area contributed by atoms with E-state index in [9.17, 15) is 9.59 Å². The molecule has 0 unspecified atom stereocenters. The number of carbonyl (C=O) groups excluding carboxylic acids is 2. The fourth-order valence-electron chi connectivity index (χ4n) is 4.76. The molecule has 1 saturated heterocycles. The van der Waals surface area contributed by atoms with E-state index in [4.69, 9.17) is 0 Å². The van der Waals surface area contributed by atoms with Crippen molar-refractivity contribution < 1.29 is 9.59 Å². The number of amides is 2. The molecule has 0 N–H and O–H groups in total. The van der Waals surface area contributed by atoms with Crippen molar-refractivity contribution in [2.24, 2.45) is 5.41 Å². The number of carbonyl (C=O) groups is 2. The molecule has 1 aromatic heterocycles. The van der Waals surface area contributed by atoms with Crippen molar-refractivity contribution in [3.05, 3.63) is 89.7 Å². The number of rotatable bonds is 5. The van der Waals surface area contributed by atoms with Crippen molar-refractivity contribution in [1.29, 1.82) is 0 Å². The van der Waals surface area contributed by atoms with Crippen molar-refractivity contribution in [1.82, 2.24) is 14.8 Å². The van der Waals surface area contributed by atoms with E-state index in [1.165, 1.54) is 16.7 Å². The molecule has 1 aliphatic rings. The number of likely N-dealkylation sites (tertiary alicyclic amines) is 1. The first-order valence-electron chi connectivity index (χ1n) is 11.5. The first kappa shape index (κ1) is 22.7. The molecule has 0 radical (unpaired) electrons. The van der Waals surface area contributed by atoms with Crippen LogP contribution in [0.5, 0.6) is 0 Å². The summed E-state index contributed by atoms with van der Waals surface area (Å²) >= 11 is 0. The van der Waals surface area contributed by atoms with Crippen molar-refractivity contribution >= 4 is 11.8 Å². The zero-order chi connectivity index (χ0) is 23.4. The Labute approximate surface area is 196 Å². The number of hydrogen-bond acceptors (Lipinski definition) is 3. The molecule has 1 aliphatic heterocycles. The Morgan fingerprint density at radius 1 is 0.939 bits per heavy atom. The molecule has 33 heavy (non-hydrogen) atoms. The molecule has 0 bridgehead atoms. The lowest BCUT2D eigenvalue weighted by atomic mass is 9.72. The van der Waals surface area contributed by atoms with Crippen LogP contribution < -0.4 is 0 Å². The molecular weight excluding hydrogens is 410 g/mol. The van der Waals surface area contributed by atoms with Crippen molar-refractivity contribution in [2.75, 3.05) is 27.2 Å². The number of nitrogens with zero attached hydrogens (tertiary/aromatic N) is 3. The Morgan fingerprint density at radius 2 is 1.67 bits per heavy atom. The fourth-order valence-corrected chi connectivity index (χ4v) is 4.76. The van der Waals surface area contributed by atoms with Gasteiger partial charge in [0, 0.05) is 33.4 Å². The summed E-state index contributed by atoms with van der Waals surface area (Å²) in [6.45, 7) is 3.20. The van der Waals surface area contributed by atoms with E-state index < -0.39 is 5.41 Å². The van der Waals surface area contributed by atoms with Gasteiger partial charge in [-0.3, -0.25) is 14.6 Å². The molecule has 170 valence electrons. The number of pyridine rings is 1. The van der Waals surface area contributed by atoms with Gasteiger partial charge in [-0.15, -0.1) is 0 Å². The van der Waals surface area contributed by atoms with Crippen molar-refractivity contribution in [2.45, 2.75) is 26.2 Å². The number of hydrogen-bond donors (Lipinski definition) is 0. The highest BCUT2D eigenvalue weighted by Gasteiger charge is 2.43. The molecule has 1 fully saturated rings. The van der Waals surface area contributed by atoms with Gasteiger partial charge in [0.05, 0.1) is 5.41 Å². The predicted molar refractivity (Wildman–Crippen MR) is 131 cm³/mol. The van der Waals surface area contributed by atoms with Gasteiger partial charge in [-0.2, -0.15) is 0 Å². The third kappa shape index (κ3) is 4.98. The Balaban J connectivity index is 1.51. The molecular formula is C28H31N3O2. The molecule has 5 nitrogen and oxygen atoms in total. The van der Waals surface area contributed by atoms with Gasteiger partial charge in [0.15, 0.2) is 0 Å².